The van der Waals surface area contributed by atoms with Gasteiger partial charge in [0.05, 0.1) is 28.8 Å². The highest BCUT2D eigenvalue weighted by Gasteiger charge is 2.29. The molecule has 8 nitrogen and oxygen atoms in total. The van der Waals surface area contributed by atoms with Crippen LogP contribution in [0.2, 0.25) is 0 Å². The number of hydrogen-bond donors (Lipinski definition) is 1. The minimum Gasteiger partial charge on any atom is -0.494 e. The van der Waals surface area contributed by atoms with Crippen LogP contribution in [0.4, 0.5) is 11.4 Å². The van der Waals surface area contributed by atoms with Crippen LogP contribution >= 0.6 is 11.3 Å². The summed E-state index contributed by atoms with van der Waals surface area (Å²) in [6.45, 7) is 6.33. The first-order valence-electron chi connectivity index (χ1n) is 9.82. The molecule has 0 aliphatic carbocycles. The predicted octanol–water partition coefficient (Wildman–Crippen LogP) is 3.27. The van der Waals surface area contributed by atoms with Crippen LogP contribution in [0.5, 0.6) is 5.75 Å². The molecule has 0 aliphatic heterocycles. The third-order valence-corrected chi connectivity index (χ3v) is 6.93. The fourth-order valence-electron chi connectivity index (χ4n) is 3.36. The highest BCUT2D eigenvalue weighted by molar-refractivity contribution is 7.92. The lowest BCUT2D eigenvalue weighted by Crippen LogP contribution is -2.45. The molecule has 0 bridgehead atoms. The molecule has 10 heteroatoms. The summed E-state index contributed by atoms with van der Waals surface area (Å²) in [5.74, 6) is 0.129. The number of aryl methyl sites for hydroxylation is 1. The lowest BCUT2D eigenvalue weighted by molar-refractivity contribution is -0.116. The maximum Gasteiger partial charge on any atom is 0.308 e. The van der Waals surface area contributed by atoms with Crippen molar-refractivity contribution >= 4 is 48.9 Å². The van der Waals surface area contributed by atoms with Gasteiger partial charge in [0.15, 0.2) is 0 Å². The van der Waals surface area contributed by atoms with Crippen molar-refractivity contribution in [3.63, 3.8) is 0 Å². The third kappa shape index (κ3) is 4.91. The molecule has 2 aromatic carbocycles. The Morgan fingerprint density at radius 2 is 1.87 bits per heavy atom. The molecule has 0 radical (unpaired) electrons. The SMILES string of the molecule is CCOc1ccc(N(C(C)C(=O)Nc2ccc3c(c2)sc(=O)n3CC)S(C)(=O)=O)cc1. The molecule has 1 atom stereocenters. The van der Waals surface area contributed by atoms with E-state index in [9.17, 15) is 18.0 Å². The second-order valence-electron chi connectivity index (χ2n) is 6.95. The number of benzene rings is 2. The first-order valence-corrected chi connectivity index (χ1v) is 12.5. The first-order chi connectivity index (χ1) is 14.7. The Kier molecular flexibility index (Phi) is 6.71. The Morgan fingerprint density at radius 3 is 2.45 bits per heavy atom. The van der Waals surface area contributed by atoms with E-state index in [1.165, 1.54) is 6.92 Å². The zero-order valence-corrected chi connectivity index (χ0v) is 19.4. The van der Waals surface area contributed by atoms with E-state index in [0.717, 1.165) is 32.1 Å². The highest BCUT2D eigenvalue weighted by atomic mass is 32.2. The Bertz CT molecular complexity index is 1250. The molecule has 0 fully saturated rings. The van der Waals surface area contributed by atoms with E-state index in [2.05, 4.69) is 5.32 Å². The van der Waals surface area contributed by atoms with Crippen molar-refractivity contribution in [2.75, 3.05) is 22.5 Å². The third-order valence-electron chi connectivity index (χ3n) is 4.74. The van der Waals surface area contributed by atoms with Crippen molar-refractivity contribution < 1.29 is 17.9 Å². The molecule has 3 aromatic rings. The summed E-state index contributed by atoms with van der Waals surface area (Å²) in [4.78, 5) is 24.9. The van der Waals surface area contributed by atoms with Gasteiger partial charge in [0.1, 0.15) is 11.8 Å². The summed E-state index contributed by atoms with van der Waals surface area (Å²) in [5.41, 5.74) is 1.66. The maximum atomic E-state index is 12.9. The first kappa shape index (κ1) is 22.8. The Morgan fingerprint density at radius 1 is 1.19 bits per heavy atom. The number of ether oxygens (including phenoxy) is 1. The molecule has 0 saturated carbocycles. The molecule has 31 heavy (non-hydrogen) atoms. The van der Waals surface area contributed by atoms with Gasteiger partial charge in [-0.05, 0) is 63.2 Å². The van der Waals surface area contributed by atoms with Gasteiger partial charge in [0.25, 0.3) is 0 Å². The number of sulfonamides is 1. The van der Waals surface area contributed by atoms with E-state index in [-0.39, 0.29) is 4.87 Å². The second kappa shape index (κ2) is 9.11. The number of nitrogens with one attached hydrogen (secondary N) is 1. The number of fused-ring (bicyclic) bond motifs is 1. The Labute approximate surface area is 185 Å². The smallest absolute Gasteiger partial charge is 0.308 e. The molecule has 0 aliphatic rings. The molecule has 1 amide bonds. The number of carbonyl (C=O) groups is 1. The Balaban J connectivity index is 1.86. The van der Waals surface area contributed by atoms with Gasteiger partial charge >= 0.3 is 4.87 Å². The monoisotopic (exact) mass is 463 g/mol. The van der Waals surface area contributed by atoms with Gasteiger partial charge in [-0.2, -0.15) is 0 Å². The number of rotatable bonds is 8. The standard InChI is InChI=1S/C21H25N3O5S2/c1-5-23-18-12-7-15(13-19(18)30-21(23)26)22-20(25)14(3)24(31(4,27)28)16-8-10-17(11-9-16)29-6-2/h7-14H,5-6H2,1-4H3,(H,22,25). The van der Waals surface area contributed by atoms with E-state index in [0.29, 0.717) is 30.3 Å². The average Bonchev–Trinajstić information content (AvgIpc) is 3.02. The van der Waals surface area contributed by atoms with E-state index in [4.69, 9.17) is 4.74 Å². The van der Waals surface area contributed by atoms with Crippen LogP contribution in [0.3, 0.4) is 0 Å². The summed E-state index contributed by atoms with van der Waals surface area (Å²) >= 11 is 1.10. The minimum absolute atomic E-state index is 0.0619. The van der Waals surface area contributed by atoms with E-state index in [1.54, 1.807) is 47.0 Å². The lowest BCUT2D eigenvalue weighted by Gasteiger charge is -2.28. The number of carbonyl (C=O) groups excluding carboxylic acids is 1. The summed E-state index contributed by atoms with van der Waals surface area (Å²) in [6.07, 6.45) is 1.06. The number of hydrogen-bond acceptors (Lipinski definition) is 6. The fourth-order valence-corrected chi connectivity index (χ4v) is 5.52. The lowest BCUT2D eigenvalue weighted by atomic mass is 10.2. The number of amides is 1. The average molecular weight is 464 g/mol. The van der Waals surface area contributed by atoms with Crippen molar-refractivity contribution in [2.45, 2.75) is 33.4 Å². The van der Waals surface area contributed by atoms with Gasteiger partial charge in [0, 0.05) is 12.2 Å². The van der Waals surface area contributed by atoms with Crippen molar-refractivity contribution in [1.29, 1.82) is 0 Å². The molecular formula is C21H25N3O5S2. The molecule has 0 saturated heterocycles. The Hall–Kier alpha value is -2.85. The number of thiazole rings is 1. The topological polar surface area (TPSA) is 97.7 Å². The fraction of sp³-hybridized carbons (Fsp3) is 0.333. The van der Waals surface area contributed by atoms with E-state index >= 15 is 0 Å². The van der Waals surface area contributed by atoms with Crippen LogP contribution in [0.25, 0.3) is 10.2 Å². The molecule has 1 unspecified atom stereocenters. The summed E-state index contributed by atoms with van der Waals surface area (Å²) in [7, 11) is -3.73. The zero-order valence-electron chi connectivity index (χ0n) is 17.8. The van der Waals surface area contributed by atoms with Crippen LogP contribution in [-0.2, 0) is 21.4 Å². The summed E-state index contributed by atoms with van der Waals surface area (Å²) < 4.78 is 33.8. The van der Waals surface area contributed by atoms with Gasteiger partial charge in [-0.1, -0.05) is 11.3 Å². The van der Waals surface area contributed by atoms with Crippen LogP contribution < -0.4 is 19.2 Å². The molecular weight excluding hydrogens is 438 g/mol. The molecule has 166 valence electrons. The van der Waals surface area contributed by atoms with Crippen LogP contribution in [0.1, 0.15) is 20.8 Å². The summed E-state index contributed by atoms with van der Waals surface area (Å²) in [6, 6.07) is 10.7. The largest absolute Gasteiger partial charge is 0.494 e. The molecule has 1 heterocycles. The molecule has 1 aromatic heterocycles. The summed E-state index contributed by atoms with van der Waals surface area (Å²) in [5, 5.41) is 2.76. The highest BCUT2D eigenvalue weighted by Crippen LogP contribution is 2.26. The van der Waals surface area contributed by atoms with Crippen LogP contribution in [0.15, 0.2) is 47.3 Å². The van der Waals surface area contributed by atoms with Gasteiger partial charge in [-0.25, -0.2) is 8.42 Å². The van der Waals surface area contributed by atoms with Crippen molar-refractivity contribution in [3.05, 3.63) is 52.1 Å². The van der Waals surface area contributed by atoms with Gasteiger partial charge in [0.2, 0.25) is 15.9 Å². The van der Waals surface area contributed by atoms with Crippen molar-refractivity contribution in [3.8, 4) is 5.75 Å². The number of nitrogens with zero attached hydrogens (tertiary/aromatic N) is 2. The van der Waals surface area contributed by atoms with Gasteiger partial charge in [-0.15, -0.1) is 0 Å². The van der Waals surface area contributed by atoms with Crippen LogP contribution in [-0.4, -0.2) is 37.8 Å². The molecule has 1 N–H and O–H groups in total. The zero-order chi connectivity index (χ0) is 22.8. The predicted molar refractivity (Wildman–Crippen MR) is 125 cm³/mol. The molecule has 0 spiro atoms. The minimum atomic E-state index is -3.73. The van der Waals surface area contributed by atoms with Crippen molar-refractivity contribution in [2.24, 2.45) is 0 Å². The number of aromatic nitrogens is 1. The molecule has 3 rings (SSSR count). The second-order valence-corrected chi connectivity index (χ2v) is 9.80. The van der Waals surface area contributed by atoms with Gasteiger partial charge in [-0.3, -0.25) is 18.5 Å². The van der Waals surface area contributed by atoms with Crippen molar-refractivity contribution in [1.82, 2.24) is 4.57 Å². The van der Waals surface area contributed by atoms with E-state index in [1.807, 2.05) is 13.8 Å². The van der Waals surface area contributed by atoms with Crippen LogP contribution in [0, 0.1) is 0 Å². The number of anilines is 2. The van der Waals surface area contributed by atoms with E-state index < -0.39 is 22.0 Å². The quantitative estimate of drug-likeness (QED) is 0.553. The van der Waals surface area contributed by atoms with Gasteiger partial charge < -0.3 is 10.1 Å². The maximum absolute atomic E-state index is 12.9. The normalized spacial score (nSPS) is 12.5.